The second kappa shape index (κ2) is 4.40. The molecule has 0 fully saturated rings. The number of rotatable bonds is 1. The highest BCUT2D eigenvalue weighted by Crippen LogP contribution is 2.43. The molecule has 0 radical (unpaired) electrons. The van der Waals surface area contributed by atoms with Crippen molar-refractivity contribution in [3.8, 4) is 11.3 Å². The molecule has 0 N–H and O–H groups in total. The first kappa shape index (κ1) is 13.8. The fraction of sp³-hybridized carbons (Fsp3) is 0.471. The number of quaternary nitrogens is 1. The van der Waals surface area contributed by atoms with E-state index < -0.39 is 0 Å². The SMILES string of the molecule is Cc1nc(-c2ccc3c(c2)[N+](C)(C)CCC3(C)C)cs1. The molecular formula is C17H23N2S+. The van der Waals surface area contributed by atoms with Gasteiger partial charge in [-0.3, -0.25) is 4.48 Å². The van der Waals surface area contributed by atoms with Crippen molar-refractivity contribution in [2.45, 2.75) is 32.6 Å². The average molecular weight is 287 g/mol. The number of aryl methyl sites for hydroxylation is 1. The first-order valence-electron chi connectivity index (χ1n) is 7.20. The Bertz CT molecular complexity index is 653. The zero-order chi connectivity index (χ0) is 14.5. The van der Waals surface area contributed by atoms with Crippen LogP contribution < -0.4 is 4.48 Å². The van der Waals surface area contributed by atoms with E-state index in [1.807, 2.05) is 0 Å². The average Bonchev–Trinajstić information content (AvgIpc) is 2.82. The van der Waals surface area contributed by atoms with Crippen molar-refractivity contribution in [1.29, 1.82) is 0 Å². The van der Waals surface area contributed by atoms with E-state index in [4.69, 9.17) is 0 Å². The van der Waals surface area contributed by atoms with Gasteiger partial charge in [-0.15, -0.1) is 11.3 Å². The lowest BCUT2D eigenvalue weighted by Crippen LogP contribution is -2.48. The summed E-state index contributed by atoms with van der Waals surface area (Å²) < 4.78 is 0.968. The Morgan fingerprint density at radius 2 is 2.00 bits per heavy atom. The quantitative estimate of drug-likeness (QED) is 0.710. The van der Waals surface area contributed by atoms with E-state index in [-0.39, 0.29) is 5.41 Å². The molecule has 2 heterocycles. The van der Waals surface area contributed by atoms with Crippen molar-refractivity contribution < 1.29 is 0 Å². The van der Waals surface area contributed by atoms with Gasteiger partial charge < -0.3 is 0 Å². The van der Waals surface area contributed by atoms with Crippen LogP contribution in [0.1, 0.15) is 30.8 Å². The molecule has 1 aliphatic rings. The number of fused-ring (bicyclic) bond motifs is 1. The summed E-state index contributed by atoms with van der Waals surface area (Å²) in [6.45, 7) is 7.98. The van der Waals surface area contributed by atoms with Crippen molar-refractivity contribution >= 4 is 17.0 Å². The molecule has 0 saturated carbocycles. The molecule has 1 aromatic heterocycles. The standard InChI is InChI=1S/C17H23N2S/c1-12-18-15(11-20-12)13-6-7-14-16(10-13)19(4,5)9-8-17(14,2)3/h6-7,10-11H,8-9H2,1-5H3/q+1. The molecule has 2 aromatic rings. The van der Waals surface area contributed by atoms with Crippen molar-refractivity contribution in [3.05, 3.63) is 34.2 Å². The smallest absolute Gasteiger partial charge is 0.136 e. The summed E-state index contributed by atoms with van der Waals surface area (Å²) >= 11 is 1.72. The minimum atomic E-state index is 0.277. The molecule has 106 valence electrons. The van der Waals surface area contributed by atoms with E-state index in [2.05, 4.69) is 63.4 Å². The third kappa shape index (κ3) is 2.19. The first-order chi connectivity index (χ1) is 9.29. The maximum absolute atomic E-state index is 4.63. The maximum Gasteiger partial charge on any atom is 0.136 e. The summed E-state index contributed by atoms with van der Waals surface area (Å²) in [5.74, 6) is 0. The Morgan fingerprint density at radius 3 is 2.65 bits per heavy atom. The van der Waals surface area contributed by atoms with Crippen LogP contribution in [0.4, 0.5) is 5.69 Å². The van der Waals surface area contributed by atoms with Crippen LogP contribution in [0.15, 0.2) is 23.6 Å². The van der Waals surface area contributed by atoms with Crippen LogP contribution in [-0.2, 0) is 5.41 Å². The molecule has 0 spiro atoms. The zero-order valence-electron chi connectivity index (χ0n) is 13.0. The van der Waals surface area contributed by atoms with Gasteiger partial charge in [-0.25, -0.2) is 4.98 Å². The second-order valence-electron chi connectivity index (χ2n) is 7.03. The fourth-order valence-electron chi connectivity index (χ4n) is 3.07. The van der Waals surface area contributed by atoms with Crippen molar-refractivity contribution in [1.82, 2.24) is 9.47 Å². The summed E-state index contributed by atoms with van der Waals surface area (Å²) in [6, 6.07) is 6.91. The monoisotopic (exact) mass is 287 g/mol. The highest BCUT2D eigenvalue weighted by Gasteiger charge is 2.38. The molecule has 3 rings (SSSR count). The lowest BCUT2D eigenvalue weighted by molar-refractivity contribution is 0.302. The van der Waals surface area contributed by atoms with Crippen molar-refractivity contribution in [3.63, 3.8) is 0 Å². The van der Waals surface area contributed by atoms with E-state index in [1.165, 1.54) is 29.8 Å². The van der Waals surface area contributed by atoms with Gasteiger partial charge in [0.25, 0.3) is 0 Å². The number of aromatic nitrogens is 1. The van der Waals surface area contributed by atoms with Gasteiger partial charge in [-0.2, -0.15) is 0 Å². The van der Waals surface area contributed by atoms with Gasteiger partial charge >= 0.3 is 0 Å². The fourth-order valence-corrected chi connectivity index (χ4v) is 3.70. The highest BCUT2D eigenvalue weighted by molar-refractivity contribution is 7.09. The molecule has 0 atom stereocenters. The van der Waals surface area contributed by atoms with Crippen molar-refractivity contribution in [2.24, 2.45) is 0 Å². The van der Waals surface area contributed by atoms with Gasteiger partial charge in [0.2, 0.25) is 0 Å². The lowest BCUT2D eigenvalue weighted by Gasteiger charge is -2.42. The van der Waals surface area contributed by atoms with Crippen LogP contribution in [0, 0.1) is 6.92 Å². The topological polar surface area (TPSA) is 12.9 Å². The molecule has 3 heteroatoms. The molecule has 20 heavy (non-hydrogen) atoms. The van der Waals surface area contributed by atoms with Gasteiger partial charge in [0.05, 0.1) is 31.3 Å². The number of thiazole rings is 1. The zero-order valence-corrected chi connectivity index (χ0v) is 13.8. The van der Waals surface area contributed by atoms with Crippen LogP contribution in [-0.4, -0.2) is 25.6 Å². The largest absolute Gasteiger partial charge is 0.296 e. The van der Waals surface area contributed by atoms with Gasteiger partial charge in [-0.05, 0) is 6.92 Å². The van der Waals surface area contributed by atoms with Crippen molar-refractivity contribution in [2.75, 3.05) is 20.6 Å². The van der Waals surface area contributed by atoms with Crippen LogP contribution >= 0.6 is 11.3 Å². The van der Waals surface area contributed by atoms with Crippen LogP contribution in [0.25, 0.3) is 11.3 Å². The van der Waals surface area contributed by atoms with Gasteiger partial charge in [0.15, 0.2) is 0 Å². The van der Waals surface area contributed by atoms with Gasteiger partial charge in [-0.1, -0.05) is 26.0 Å². The molecule has 1 aromatic carbocycles. The Kier molecular flexibility index (Phi) is 3.03. The van der Waals surface area contributed by atoms with Gasteiger partial charge in [0.1, 0.15) is 5.69 Å². The highest BCUT2D eigenvalue weighted by atomic mass is 32.1. The van der Waals surface area contributed by atoms with E-state index in [0.29, 0.717) is 0 Å². The van der Waals surface area contributed by atoms with E-state index >= 15 is 0 Å². The Balaban J connectivity index is 2.16. The Labute approximate surface area is 125 Å². The first-order valence-corrected chi connectivity index (χ1v) is 8.08. The minimum absolute atomic E-state index is 0.277. The summed E-state index contributed by atoms with van der Waals surface area (Å²) in [4.78, 5) is 4.63. The summed E-state index contributed by atoms with van der Waals surface area (Å²) in [5, 5.41) is 3.29. The third-order valence-electron chi connectivity index (χ3n) is 4.59. The molecule has 0 bridgehead atoms. The van der Waals surface area contributed by atoms with Crippen LogP contribution in [0.5, 0.6) is 0 Å². The number of hydrogen-bond donors (Lipinski definition) is 0. The van der Waals surface area contributed by atoms with Gasteiger partial charge in [0, 0.05) is 34.4 Å². The van der Waals surface area contributed by atoms with E-state index in [9.17, 15) is 0 Å². The maximum atomic E-state index is 4.63. The third-order valence-corrected chi connectivity index (χ3v) is 5.36. The molecular weight excluding hydrogens is 264 g/mol. The van der Waals surface area contributed by atoms with Crippen LogP contribution in [0.2, 0.25) is 0 Å². The van der Waals surface area contributed by atoms with Crippen LogP contribution in [0.3, 0.4) is 0 Å². The Hall–Kier alpha value is -1.19. The summed E-state index contributed by atoms with van der Waals surface area (Å²) in [5.41, 5.74) is 5.57. The minimum Gasteiger partial charge on any atom is -0.296 e. The lowest BCUT2D eigenvalue weighted by atomic mass is 9.76. The molecule has 0 saturated heterocycles. The second-order valence-corrected chi connectivity index (χ2v) is 8.09. The normalized spacial score (nSPS) is 19.6. The predicted molar refractivity (Wildman–Crippen MR) is 88.4 cm³/mol. The molecule has 1 aliphatic heterocycles. The number of hydrogen-bond acceptors (Lipinski definition) is 2. The molecule has 0 amide bonds. The summed E-state index contributed by atoms with van der Waals surface area (Å²) in [7, 11) is 4.62. The van der Waals surface area contributed by atoms with E-state index in [1.54, 1.807) is 11.3 Å². The summed E-state index contributed by atoms with van der Waals surface area (Å²) in [6.07, 6.45) is 1.24. The molecule has 0 unspecified atom stereocenters. The predicted octanol–water partition coefficient (Wildman–Crippen LogP) is 4.37. The number of nitrogens with zero attached hydrogens (tertiary/aromatic N) is 2. The number of benzene rings is 1. The molecule has 0 aliphatic carbocycles. The molecule has 2 nitrogen and oxygen atoms in total. The Morgan fingerprint density at radius 1 is 1.25 bits per heavy atom. The van der Waals surface area contributed by atoms with E-state index in [0.717, 1.165) is 15.2 Å².